The van der Waals surface area contributed by atoms with Crippen LogP contribution in [-0.4, -0.2) is 25.2 Å². The maximum atomic E-state index is 12.3. The molecule has 1 heterocycles. The SMILES string of the molecule is CCOC(=O)C(C(=O)OCC)(c1ccco1)C(C)C. The van der Waals surface area contributed by atoms with Crippen molar-refractivity contribution in [2.75, 3.05) is 13.2 Å². The predicted molar refractivity (Wildman–Crippen MR) is 68.5 cm³/mol. The number of carbonyl (C=O) groups excluding carboxylic acids is 2. The molecular formula is C14H20O5. The molecule has 0 fully saturated rings. The van der Waals surface area contributed by atoms with Crippen molar-refractivity contribution in [2.24, 2.45) is 5.92 Å². The fourth-order valence-electron chi connectivity index (χ4n) is 2.03. The molecule has 1 aromatic rings. The van der Waals surface area contributed by atoms with Gasteiger partial charge in [-0.3, -0.25) is 9.59 Å². The van der Waals surface area contributed by atoms with Crippen LogP contribution in [0, 0.1) is 5.92 Å². The fourth-order valence-corrected chi connectivity index (χ4v) is 2.03. The first-order valence-electron chi connectivity index (χ1n) is 6.40. The first kappa shape index (κ1) is 15.3. The molecule has 19 heavy (non-hydrogen) atoms. The third-order valence-corrected chi connectivity index (χ3v) is 2.97. The van der Waals surface area contributed by atoms with Crippen LogP contribution in [0.3, 0.4) is 0 Å². The number of esters is 2. The van der Waals surface area contributed by atoms with Crippen molar-refractivity contribution in [1.29, 1.82) is 0 Å². The number of carbonyl (C=O) groups is 2. The summed E-state index contributed by atoms with van der Waals surface area (Å²) in [5, 5.41) is 0. The molecule has 0 aliphatic heterocycles. The van der Waals surface area contributed by atoms with Crippen molar-refractivity contribution in [3.8, 4) is 0 Å². The number of hydrogen-bond acceptors (Lipinski definition) is 5. The van der Waals surface area contributed by atoms with E-state index in [9.17, 15) is 9.59 Å². The second-order valence-corrected chi connectivity index (χ2v) is 4.38. The summed E-state index contributed by atoms with van der Waals surface area (Å²) in [6.45, 7) is 7.28. The molecule has 106 valence electrons. The summed E-state index contributed by atoms with van der Waals surface area (Å²) in [6.07, 6.45) is 1.42. The molecule has 0 N–H and O–H groups in total. The lowest BCUT2D eigenvalue weighted by molar-refractivity contribution is -0.168. The molecule has 1 rings (SSSR count). The van der Waals surface area contributed by atoms with Gasteiger partial charge in [0.2, 0.25) is 5.41 Å². The standard InChI is InChI=1S/C14H20O5/c1-5-17-12(15)14(10(3)4,13(16)18-6-2)11-8-7-9-19-11/h7-10H,5-6H2,1-4H3. The Morgan fingerprint density at radius 3 is 2.05 bits per heavy atom. The quantitative estimate of drug-likeness (QED) is 0.585. The number of hydrogen-bond donors (Lipinski definition) is 0. The molecule has 0 atom stereocenters. The second kappa shape index (κ2) is 6.41. The Hall–Kier alpha value is -1.78. The lowest BCUT2D eigenvalue weighted by atomic mass is 9.75. The van der Waals surface area contributed by atoms with Crippen molar-refractivity contribution < 1.29 is 23.5 Å². The van der Waals surface area contributed by atoms with Gasteiger partial charge in [-0.15, -0.1) is 0 Å². The average molecular weight is 268 g/mol. The minimum Gasteiger partial charge on any atom is -0.467 e. The third-order valence-electron chi connectivity index (χ3n) is 2.97. The van der Waals surface area contributed by atoms with Crippen molar-refractivity contribution in [1.82, 2.24) is 0 Å². The van der Waals surface area contributed by atoms with Crippen molar-refractivity contribution in [2.45, 2.75) is 33.1 Å². The molecule has 5 heteroatoms. The van der Waals surface area contributed by atoms with E-state index in [0.717, 1.165) is 0 Å². The molecule has 0 aliphatic rings. The highest BCUT2D eigenvalue weighted by Gasteiger charge is 2.55. The molecule has 1 aromatic heterocycles. The van der Waals surface area contributed by atoms with E-state index in [1.54, 1.807) is 39.8 Å². The highest BCUT2D eigenvalue weighted by atomic mass is 16.6. The normalized spacial score (nSPS) is 11.4. The molecule has 0 bridgehead atoms. The van der Waals surface area contributed by atoms with E-state index in [2.05, 4.69) is 0 Å². The zero-order valence-electron chi connectivity index (χ0n) is 11.8. The van der Waals surface area contributed by atoms with Crippen molar-refractivity contribution in [3.05, 3.63) is 24.2 Å². The molecule has 5 nitrogen and oxygen atoms in total. The van der Waals surface area contributed by atoms with Gasteiger partial charge in [0.05, 0.1) is 19.5 Å². The average Bonchev–Trinajstić information content (AvgIpc) is 2.84. The van der Waals surface area contributed by atoms with E-state index in [4.69, 9.17) is 13.9 Å². The smallest absolute Gasteiger partial charge is 0.331 e. The molecule has 0 aromatic carbocycles. The minimum absolute atomic E-state index is 0.188. The van der Waals surface area contributed by atoms with Crippen molar-refractivity contribution in [3.63, 3.8) is 0 Å². The van der Waals surface area contributed by atoms with E-state index in [1.807, 2.05) is 0 Å². The van der Waals surface area contributed by atoms with Crippen LogP contribution in [0.1, 0.15) is 33.5 Å². The topological polar surface area (TPSA) is 65.7 Å². The van der Waals surface area contributed by atoms with Crippen LogP contribution in [0.25, 0.3) is 0 Å². The molecular weight excluding hydrogens is 248 g/mol. The number of rotatable bonds is 6. The summed E-state index contributed by atoms with van der Waals surface area (Å²) in [4.78, 5) is 24.7. The Kier molecular flexibility index (Phi) is 5.15. The van der Waals surface area contributed by atoms with E-state index in [0.29, 0.717) is 0 Å². The lowest BCUT2D eigenvalue weighted by Crippen LogP contribution is -2.50. The van der Waals surface area contributed by atoms with Gasteiger partial charge < -0.3 is 13.9 Å². The maximum absolute atomic E-state index is 12.3. The van der Waals surface area contributed by atoms with Crippen LogP contribution in [-0.2, 0) is 24.5 Å². The van der Waals surface area contributed by atoms with Crippen molar-refractivity contribution >= 4 is 11.9 Å². The summed E-state index contributed by atoms with van der Waals surface area (Å²) in [5.74, 6) is -1.38. The Balaban J connectivity index is 3.34. The maximum Gasteiger partial charge on any atom is 0.331 e. The van der Waals surface area contributed by atoms with Gasteiger partial charge >= 0.3 is 11.9 Å². The summed E-state index contributed by atoms with van der Waals surface area (Å²) in [5.41, 5.74) is -1.55. The monoisotopic (exact) mass is 268 g/mol. The second-order valence-electron chi connectivity index (χ2n) is 4.38. The zero-order chi connectivity index (χ0) is 14.5. The number of ether oxygens (including phenoxy) is 2. The summed E-state index contributed by atoms with van der Waals surface area (Å²) >= 11 is 0. The molecule has 0 spiro atoms. The fraction of sp³-hybridized carbons (Fsp3) is 0.571. The van der Waals surface area contributed by atoms with Crippen LogP contribution in [0.5, 0.6) is 0 Å². The highest BCUT2D eigenvalue weighted by Crippen LogP contribution is 2.36. The zero-order valence-corrected chi connectivity index (χ0v) is 11.8. The van der Waals surface area contributed by atoms with Crippen LogP contribution >= 0.6 is 0 Å². The van der Waals surface area contributed by atoms with E-state index >= 15 is 0 Å². The molecule has 0 aliphatic carbocycles. The molecule has 0 radical (unpaired) electrons. The Morgan fingerprint density at radius 1 is 1.21 bits per heavy atom. The number of furan rings is 1. The van der Waals surface area contributed by atoms with Gasteiger partial charge in [-0.05, 0) is 31.9 Å². The molecule has 0 saturated heterocycles. The summed E-state index contributed by atoms with van der Waals surface area (Å²) < 4.78 is 15.4. The van der Waals surface area contributed by atoms with Gasteiger partial charge in [-0.25, -0.2) is 0 Å². The lowest BCUT2D eigenvalue weighted by Gasteiger charge is -2.30. The third kappa shape index (κ3) is 2.64. The molecule has 0 saturated carbocycles. The van der Waals surface area contributed by atoms with Gasteiger partial charge in [0.15, 0.2) is 0 Å². The minimum atomic E-state index is -1.55. The molecule has 0 amide bonds. The van der Waals surface area contributed by atoms with Crippen LogP contribution < -0.4 is 0 Å². The van der Waals surface area contributed by atoms with Gasteiger partial charge in [-0.1, -0.05) is 13.8 Å². The molecule has 0 unspecified atom stereocenters. The van der Waals surface area contributed by atoms with Crippen LogP contribution in [0.4, 0.5) is 0 Å². The Bertz CT molecular complexity index is 401. The first-order chi connectivity index (χ1) is 9.01. The predicted octanol–water partition coefficient (Wildman–Crippen LogP) is 2.30. The van der Waals surface area contributed by atoms with E-state index in [1.165, 1.54) is 6.26 Å². The highest BCUT2D eigenvalue weighted by molar-refractivity contribution is 6.06. The van der Waals surface area contributed by atoms with E-state index < -0.39 is 17.4 Å². The van der Waals surface area contributed by atoms with Gasteiger partial charge in [0.25, 0.3) is 0 Å². The van der Waals surface area contributed by atoms with E-state index in [-0.39, 0.29) is 24.9 Å². The van der Waals surface area contributed by atoms with Gasteiger partial charge in [0, 0.05) is 0 Å². The summed E-state index contributed by atoms with van der Waals surface area (Å²) in [7, 11) is 0. The first-order valence-corrected chi connectivity index (χ1v) is 6.40. The van der Waals surface area contributed by atoms with Crippen LogP contribution in [0.2, 0.25) is 0 Å². The summed E-state index contributed by atoms with van der Waals surface area (Å²) in [6, 6.07) is 3.22. The van der Waals surface area contributed by atoms with Gasteiger partial charge in [0.1, 0.15) is 5.76 Å². The van der Waals surface area contributed by atoms with Gasteiger partial charge in [-0.2, -0.15) is 0 Å². The largest absolute Gasteiger partial charge is 0.467 e. The Labute approximate surface area is 112 Å². The Morgan fingerprint density at radius 2 is 1.74 bits per heavy atom. The van der Waals surface area contributed by atoms with Crippen LogP contribution in [0.15, 0.2) is 22.8 Å².